The summed E-state index contributed by atoms with van der Waals surface area (Å²) in [6, 6.07) is 0.0346. The highest BCUT2D eigenvalue weighted by Crippen LogP contribution is 2.32. The molecule has 0 aliphatic heterocycles. The minimum atomic E-state index is -3.64. The van der Waals surface area contributed by atoms with Crippen molar-refractivity contribution >= 4 is 32.1 Å². The number of hydrogen-bond acceptors (Lipinski definition) is 5. The number of hydrogen-bond donors (Lipinski definition) is 1. The van der Waals surface area contributed by atoms with Gasteiger partial charge in [-0.25, -0.2) is 13.4 Å². The fourth-order valence-corrected chi connectivity index (χ4v) is 5.62. The minimum Gasteiger partial charge on any atom is -0.381 e. The van der Waals surface area contributed by atoms with Crippen molar-refractivity contribution in [1.29, 1.82) is 0 Å². The highest BCUT2D eigenvalue weighted by atomic mass is 32.2. The molecule has 1 fully saturated rings. The molecule has 2 N–H and O–H groups in total. The van der Waals surface area contributed by atoms with Crippen LogP contribution in [-0.2, 0) is 10.0 Å². The summed E-state index contributed by atoms with van der Waals surface area (Å²) in [7, 11) is -1.98. The lowest BCUT2D eigenvalue weighted by Gasteiger charge is -2.35. The molecule has 2 atom stereocenters. The molecule has 21 heavy (non-hydrogen) atoms. The third-order valence-corrected chi connectivity index (χ3v) is 7.08. The monoisotopic (exact) mass is 328 g/mol. The van der Waals surface area contributed by atoms with Gasteiger partial charge in [-0.1, -0.05) is 19.8 Å². The van der Waals surface area contributed by atoms with E-state index in [9.17, 15) is 8.42 Å². The quantitative estimate of drug-likeness (QED) is 0.936. The van der Waals surface area contributed by atoms with Crippen LogP contribution in [0, 0.1) is 5.92 Å². The van der Waals surface area contributed by atoms with Gasteiger partial charge in [0.05, 0.1) is 0 Å². The Labute approximate surface area is 128 Å². The lowest BCUT2D eigenvalue weighted by molar-refractivity contribution is 0.213. The van der Waals surface area contributed by atoms with Gasteiger partial charge in [-0.05, 0) is 18.8 Å². The van der Waals surface area contributed by atoms with E-state index in [2.05, 4.69) is 11.9 Å². The number of aromatic nitrogens is 2. The second kappa shape index (κ2) is 5.26. The maximum Gasteiger partial charge on any atom is 0.262 e. The molecular formula is C13H20N4O2S2. The molecule has 0 radical (unpaired) electrons. The average molecular weight is 328 g/mol. The van der Waals surface area contributed by atoms with Crippen LogP contribution in [0.25, 0.3) is 4.96 Å². The molecule has 6 nitrogen and oxygen atoms in total. The van der Waals surface area contributed by atoms with E-state index in [1.54, 1.807) is 17.6 Å². The van der Waals surface area contributed by atoms with Crippen LogP contribution in [0.2, 0.25) is 0 Å². The van der Waals surface area contributed by atoms with Crippen molar-refractivity contribution in [3.05, 3.63) is 11.6 Å². The molecule has 1 aliphatic rings. The van der Waals surface area contributed by atoms with Gasteiger partial charge in [0.15, 0.2) is 15.8 Å². The lowest BCUT2D eigenvalue weighted by atomic mass is 9.86. The molecule has 0 bridgehead atoms. The van der Waals surface area contributed by atoms with Gasteiger partial charge < -0.3 is 5.73 Å². The molecule has 2 heterocycles. The number of rotatable bonds is 3. The van der Waals surface area contributed by atoms with Gasteiger partial charge in [0.1, 0.15) is 0 Å². The predicted octanol–water partition coefficient (Wildman–Crippen LogP) is 2.18. The van der Waals surface area contributed by atoms with Gasteiger partial charge in [-0.2, -0.15) is 4.31 Å². The zero-order chi connectivity index (χ0) is 15.2. The van der Waals surface area contributed by atoms with Crippen LogP contribution >= 0.6 is 11.3 Å². The fourth-order valence-electron chi connectivity index (χ4n) is 3.19. The molecule has 2 aromatic heterocycles. The second-order valence-electron chi connectivity index (χ2n) is 5.71. The number of nitrogen functional groups attached to an aromatic ring is 1. The van der Waals surface area contributed by atoms with E-state index in [-0.39, 0.29) is 16.9 Å². The molecular weight excluding hydrogens is 308 g/mol. The molecule has 2 aromatic rings. The van der Waals surface area contributed by atoms with E-state index >= 15 is 0 Å². The molecule has 0 saturated heterocycles. The number of nitrogens with zero attached hydrogens (tertiary/aromatic N) is 3. The van der Waals surface area contributed by atoms with Gasteiger partial charge in [-0.15, -0.1) is 11.3 Å². The summed E-state index contributed by atoms with van der Waals surface area (Å²) in [5.74, 6) is 0.447. The Kier molecular flexibility index (Phi) is 3.71. The summed E-state index contributed by atoms with van der Waals surface area (Å²) in [5, 5.41) is 1.91. The van der Waals surface area contributed by atoms with Crippen molar-refractivity contribution in [2.75, 3.05) is 12.8 Å². The van der Waals surface area contributed by atoms with Crippen molar-refractivity contribution in [3.63, 3.8) is 0 Å². The van der Waals surface area contributed by atoms with Crippen molar-refractivity contribution in [3.8, 4) is 0 Å². The van der Waals surface area contributed by atoms with Crippen LogP contribution in [0.15, 0.2) is 16.6 Å². The number of nitrogens with two attached hydrogens (primary N) is 1. The SMILES string of the molecule is CC1CCCCC1N(C)S(=O)(=O)c1c(N)nc2sccn12. The summed E-state index contributed by atoms with van der Waals surface area (Å²) < 4.78 is 29.0. The smallest absolute Gasteiger partial charge is 0.262 e. The fraction of sp³-hybridized carbons (Fsp3) is 0.615. The third kappa shape index (κ3) is 2.35. The maximum absolute atomic E-state index is 13.0. The van der Waals surface area contributed by atoms with Crippen LogP contribution in [-0.4, -0.2) is 35.2 Å². The number of imidazole rings is 1. The number of thiazole rings is 1. The predicted molar refractivity (Wildman–Crippen MR) is 83.9 cm³/mol. The molecule has 8 heteroatoms. The van der Waals surface area contributed by atoms with Crippen molar-refractivity contribution in [2.45, 2.75) is 43.7 Å². The Hall–Kier alpha value is -1.12. The normalized spacial score (nSPS) is 24.0. The van der Waals surface area contributed by atoms with Gasteiger partial charge in [0.25, 0.3) is 10.0 Å². The van der Waals surface area contributed by atoms with E-state index in [0.29, 0.717) is 10.9 Å². The zero-order valence-corrected chi connectivity index (χ0v) is 13.8. The topological polar surface area (TPSA) is 80.7 Å². The summed E-state index contributed by atoms with van der Waals surface area (Å²) >= 11 is 1.38. The average Bonchev–Trinajstić information content (AvgIpc) is 2.97. The van der Waals surface area contributed by atoms with Gasteiger partial charge in [0.2, 0.25) is 0 Å². The molecule has 0 amide bonds. The van der Waals surface area contributed by atoms with E-state index in [4.69, 9.17) is 5.73 Å². The minimum absolute atomic E-state index is 0.0346. The van der Waals surface area contributed by atoms with Crippen molar-refractivity contribution < 1.29 is 8.42 Å². The van der Waals surface area contributed by atoms with Crippen LogP contribution in [0.1, 0.15) is 32.6 Å². The standard InChI is InChI=1S/C13H20N4O2S2/c1-9-5-3-4-6-10(9)16(2)21(18,19)12-11(14)15-13-17(12)7-8-20-13/h7-10H,3-6,14H2,1-2H3. The van der Waals surface area contributed by atoms with Crippen molar-refractivity contribution in [2.24, 2.45) is 5.92 Å². The lowest BCUT2D eigenvalue weighted by Crippen LogP contribution is -2.43. The Morgan fingerprint density at radius 3 is 2.86 bits per heavy atom. The number of fused-ring (bicyclic) bond motifs is 1. The van der Waals surface area contributed by atoms with Crippen LogP contribution in [0.4, 0.5) is 5.82 Å². The Balaban J connectivity index is 2.03. The first-order valence-corrected chi connectivity index (χ1v) is 9.44. The molecule has 2 unspecified atom stereocenters. The second-order valence-corrected chi connectivity index (χ2v) is 8.49. The Morgan fingerprint density at radius 2 is 2.14 bits per heavy atom. The van der Waals surface area contributed by atoms with Crippen molar-refractivity contribution in [1.82, 2.24) is 13.7 Å². The first kappa shape index (κ1) is 14.8. The van der Waals surface area contributed by atoms with E-state index in [1.165, 1.54) is 22.1 Å². The summed E-state index contributed by atoms with van der Waals surface area (Å²) in [6.07, 6.45) is 5.93. The van der Waals surface area contributed by atoms with E-state index in [1.807, 2.05) is 5.38 Å². The van der Waals surface area contributed by atoms with Gasteiger partial charge in [0, 0.05) is 24.7 Å². The van der Waals surface area contributed by atoms with Gasteiger partial charge >= 0.3 is 0 Å². The number of sulfonamides is 1. The van der Waals surface area contributed by atoms with E-state index < -0.39 is 10.0 Å². The zero-order valence-electron chi connectivity index (χ0n) is 12.2. The summed E-state index contributed by atoms with van der Waals surface area (Å²) in [4.78, 5) is 4.75. The molecule has 3 rings (SSSR count). The Bertz CT molecular complexity index is 749. The third-order valence-electron chi connectivity index (χ3n) is 4.40. The highest BCUT2D eigenvalue weighted by Gasteiger charge is 2.36. The summed E-state index contributed by atoms with van der Waals surface area (Å²) in [5.41, 5.74) is 5.85. The maximum atomic E-state index is 13.0. The Morgan fingerprint density at radius 1 is 1.43 bits per heavy atom. The first-order chi connectivity index (χ1) is 9.93. The van der Waals surface area contributed by atoms with Crippen LogP contribution in [0.3, 0.4) is 0 Å². The molecule has 1 saturated carbocycles. The van der Waals surface area contributed by atoms with E-state index in [0.717, 1.165) is 19.3 Å². The molecule has 0 aromatic carbocycles. The molecule has 116 valence electrons. The molecule has 1 aliphatic carbocycles. The first-order valence-electron chi connectivity index (χ1n) is 7.12. The summed E-state index contributed by atoms with van der Waals surface area (Å²) in [6.45, 7) is 2.12. The molecule has 0 spiro atoms. The van der Waals surface area contributed by atoms with Crippen LogP contribution in [0.5, 0.6) is 0 Å². The largest absolute Gasteiger partial charge is 0.381 e. The highest BCUT2D eigenvalue weighted by molar-refractivity contribution is 7.89. The van der Waals surface area contributed by atoms with Crippen LogP contribution < -0.4 is 5.73 Å². The number of anilines is 1. The van der Waals surface area contributed by atoms with Gasteiger partial charge in [-0.3, -0.25) is 4.40 Å².